The number of aliphatic hydroxyl groups excluding tert-OH is 3. The van der Waals surface area contributed by atoms with E-state index in [1.54, 1.807) is 13.8 Å². The molecule has 0 radical (unpaired) electrons. The van der Waals surface area contributed by atoms with E-state index in [4.69, 9.17) is 24.8 Å². The van der Waals surface area contributed by atoms with Gasteiger partial charge in [0.15, 0.2) is 0 Å². The van der Waals surface area contributed by atoms with E-state index in [9.17, 15) is 0 Å². The Morgan fingerprint density at radius 3 is 2.17 bits per heavy atom. The van der Waals surface area contributed by atoms with Gasteiger partial charge in [-0.15, -0.1) is 0 Å². The van der Waals surface area contributed by atoms with Gasteiger partial charge in [-0.25, -0.2) is 0 Å². The Morgan fingerprint density at radius 2 is 1.72 bits per heavy atom. The average Bonchev–Trinajstić information content (AvgIpc) is 2.36. The fraction of sp³-hybridized carbons (Fsp3) is 1.00. The van der Waals surface area contributed by atoms with Crippen molar-refractivity contribution in [2.75, 3.05) is 33.0 Å². The molecule has 0 aromatic heterocycles. The second kappa shape index (κ2) is 16.8. The highest BCUT2D eigenvalue weighted by Crippen LogP contribution is 1.93. The maximum atomic E-state index is 8.69. The smallest absolute Gasteiger partial charge is 0.0779 e. The summed E-state index contributed by atoms with van der Waals surface area (Å²) in [5, 5.41) is 25.4. The van der Waals surface area contributed by atoms with Gasteiger partial charge >= 0.3 is 0 Å². The summed E-state index contributed by atoms with van der Waals surface area (Å²) >= 11 is 0. The summed E-state index contributed by atoms with van der Waals surface area (Å²) in [4.78, 5) is 0. The molecule has 0 aromatic carbocycles. The van der Waals surface area contributed by atoms with Crippen LogP contribution < -0.4 is 0 Å². The highest BCUT2D eigenvalue weighted by atomic mass is 16.5. The molecule has 2 atom stereocenters. The third-order valence-electron chi connectivity index (χ3n) is 2.01. The van der Waals surface area contributed by atoms with Gasteiger partial charge in [-0.05, 0) is 20.3 Å². The number of rotatable bonds is 10. The molecule has 3 N–H and O–H groups in total. The van der Waals surface area contributed by atoms with E-state index in [0.717, 1.165) is 13.0 Å². The molecule has 5 heteroatoms. The first-order chi connectivity index (χ1) is 8.58. The molecule has 0 aliphatic rings. The monoisotopic (exact) mass is 266 g/mol. The second-order valence-electron chi connectivity index (χ2n) is 4.22. The zero-order valence-corrected chi connectivity index (χ0v) is 12.0. The van der Waals surface area contributed by atoms with E-state index in [-0.39, 0.29) is 19.3 Å². The second-order valence-corrected chi connectivity index (χ2v) is 4.22. The number of aliphatic hydroxyl groups is 3. The molecule has 112 valence electrons. The molecule has 5 nitrogen and oxygen atoms in total. The predicted octanol–water partition coefficient (Wildman–Crippen LogP) is 0.950. The van der Waals surface area contributed by atoms with E-state index in [0.29, 0.717) is 13.2 Å². The van der Waals surface area contributed by atoms with Crippen LogP contribution in [0.15, 0.2) is 0 Å². The van der Waals surface area contributed by atoms with Crippen molar-refractivity contribution in [2.45, 2.75) is 52.2 Å². The molecule has 0 rings (SSSR count). The van der Waals surface area contributed by atoms with E-state index in [1.807, 2.05) is 0 Å². The van der Waals surface area contributed by atoms with Crippen LogP contribution in [-0.2, 0) is 9.47 Å². The van der Waals surface area contributed by atoms with Crippen LogP contribution in [0.3, 0.4) is 0 Å². The molecule has 0 bridgehead atoms. The average molecular weight is 266 g/mol. The predicted molar refractivity (Wildman–Crippen MR) is 71.6 cm³/mol. The minimum absolute atomic E-state index is 0.00667. The molecule has 0 aliphatic carbocycles. The van der Waals surface area contributed by atoms with Crippen molar-refractivity contribution in [3.05, 3.63) is 0 Å². The highest BCUT2D eigenvalue weighted by molar-refractivity contribution is 4.47. The van der Waals surface area contributed by atoms with Gasteiger partial charge in [0.05, 0.1) is 38.6 Å². The molecular formula is C13H30O5. The van der Waals surface area contributed by atoms with Gasteiger partial charge in [0.1, 0.15) is 0 Å². The SMILES string of the molecule is CC(O)COC(C)CO.CCCCCOCCO. The Balaban J connectivity index is 0. The summed E-state index contributed by atoms with van der Waals surface area (Å²) in [7, 11) is 0. The summed E-state index contributed by atoms with van der Waals surface area (Å²) < 4.78 is 9.99. The van der Waals surface area contributed by atoms with Gasteiger partial charge in [0, 0.05) is 6.61 Å². The van der Waals surface area contributed by atoms with Crippen molar-refractivity contribution in [2.24, 2.45) is 0 Å². The molecule has 2 unspecified atom stereocenters. The zero-order valence-electron chi connectivity index (χ0n) is 12.0. The molecular weight excluding hydrogens is 236 g/mol. The Bertz CT molecular complexity index is 135. The van der Waals surface area contributed by atoms with Gasteiger partial charge < -0.3 is 24.8 Å². The third-order valence-corrected chi connectivity index (χ3v) is 2.01. The van der Waals surface area contributed by atoms with E-state index in [2.05, 4.69) is 6.92 Å². The molecule has 0 saturated heterocycles. The standard InChI is InChI=1S/C7H16O2.C6H14O3/c1-2-3-4-6-9-7-5-8;1-5(8)4-9-6(2)3-7/h8H,2-7H2,1H3;5-8H,3-4H2,1-2H3. The van der Waals surface area contributed by atoms with Gasteiger partial charge in [0.2, 0.25) is 0 Å². The number of ether oxygens (including phenoxy) is 2. The first-order valence-corrected chi connectivity index (χ1v) is 6.67. The molecule has 0 amide bonds. The summed E-state index contributed by atoms with van der Waals surface area (Å²) in [6, 6.07) is 0. The minimum atomic E-state index is -0.445. The first-order valence-electron chi connectivity index (χ1n) is 6.67. The van der Waals surface area contributed by atoms with Crippen LogP contribution in [0.1, 0.15) is 40.0 Å². The highest BCUT2D eigenvalue weighted by Gasteiger charge is 2.00. The van der Waals surface area contributed by atoms with Gasteiger partial charge in [-0.3, -0.25) is 0 Å². The summed E-state index contributed by atoms with van der Waals surface area (Å²) in [5.41, 5.74) is 0. The van der Waals surface area contributed by atoms with Crippen molar-refractivity contribution in [3.63, 3.8) is 0 Å². The van der Waals surface area contributed by atoms with Gasteiger partial charge in [-0.1, -0.05) is 19.8 Å². The zero-order chi connectivity index (χ0) is 14.2. The lowest BCUT2D eigenvalue weighted by Crippen LogP contribution is -2.19. The molecule has 0 heterocycles. The first kappa shape index (κ1) is 20.1. The lowest BCUT2D eigenvalue weighted by molar-refractivity contribution is -0.0177. The van der Waals surface area contributed by atoms with Gasteiger partial charge in [0.25, 0.3) is 0 Å². The number of unbranched alkanes of at least 4 members (excludes halogenated alkanes) is 2. The lowest BCUT2D eigenvalue weighted by atomic mass is 10.3. The Labute approximate surface area is 111 Å². The quantitative estimate of drug-likeness (QED) is 0.513. The van der Waals surface area contributed by atoms with Crippen LogP contribution in [-0.4, -0.2) is 60.6 Å². The van der Waals surface area contributed by atoms with Crippen LogP contribution in [0.5, 0.6) is 0 Å². The van der Waals surface area contributed by atoms with Crippen molar-refractivity contribution in [3.8, 4) is 0 Å². The maximum absolute atomic E-state index is 8.69. The lowest BCUT2D eigenvalue weighted by Gasteiger charge is -2.10. The van der Waals surface area contributed by atoms with Crippen molar-refractivity contribution < 1.29 is 24.8 Å². The third kappa shape index (κ3) is 21.1. The Kier molecular flexibility index (Phi) is 18.8. The maximum Gasteiger partial charge on any atom is 0.0779 e. The fourth-order valence-corrected chi connectivity index (χ4v) is 0.977. The Morgan fingerprint density at radius 1 is 1.06 bits per heavy atom. The molecule has 0 aliphatic heterocycles. The summed E-state index contributed by atoms with van der Waals surface area (Å²) in [5.74, 6) is 0. The van der Waals surface area contributed by atoms with E-state index in [1.165, 1.54) is 12.8 Å². The van der Waals surface area contributed by atoms with Crippen LogP contribution in [0, 0.1) is 0 Å². The van der Waals surface area contributed by atoms with Crippen molar-refractivity contribution in [1.29, 1.82) is 0 Å². The van der Waals surface area contributed by atoms with Crippen LogP contribution in [0.2, 0.25) is 0 Å². The molecule has 0 saturated carbocycles. The fourth-order valence-electron chi connectivity index (χ4n) is 0.977. The van der Waals surface area contributed by atoms with Crippen molar-refractivity contribution >= 4 is 0 Å². The molecule has 0 aromatic rings. The largest absolute Gasteiger partial charge is 0.394 e. The van der Waals surface area contributed by atoms with Crippen LogP contribution in [0.4, 0.5) is 0 Å². The summed E-state index contributed by atoms with van der Waals surface area (Å²) in [6.45, 7) is 7.29. The van der Waals surface area contributed by atoms with Crippen LogP contribution in [0.25, 0.3) is 0 Å². The number of hydrogen-bond acceptors (Lipinski definition) is 5. The van der Waals surface area contributed by atoms with Gasteiger partial charge in [-0.2, -0.15) is 0 Å². The molecule has 18 heavy (non-hydrogen) atoms. The van der Waals surface area contributed by atoms with E-state index >= 15 is 0 Å². The minimum Gasteiger partial charge on any atom is -0.394 e. The molecule has 0 fully saturated rings. The number of hydrogen-bond donors (Lipinski definition) is 3. The topological polar surface area (TPSA) is 79.2 Å². The van der Waals surface area contributed by atoms with Crippen LogP contribution >= 0.6 is 0 Å². The Hall–Kier alpha value is -0.200. The molecule has 0 spiro atoms. The normalized spacial score (nSPS) is 13.7. The summed E-state index contributed by atoms with van der Waals surface area (Å²) in [6.07, 6.45) is 2.96. The van der Waals surface area contributed by atoms with Crippen molar-refractivity contribution in [1.82, 2.24) is 0 Å². The van der Waals surface area contributed by atoms with E-state index < -0.39 is 6.10 Å².